The molecule has 0 radical (unpaired) electrons. The Bertz CT molecular complexity index is 410. The third kappa shape index (κ3) is 7.43. The van der Waals surface area contributed by atoms with Gasteiger partial charge in [0.2, 0.25) is 5.91 Å². The van der Waals surface area contributed by atoms with Gasteiger partial charge in [-0.2, -0.15) is 0 Å². The van der Waals surface area contributed by atoms with Crippen molar-refractivity contribution in [2.24, 2.45) is 11.7 Å². The fraction of sp³-hybridized carbons (Fsp3) is 0.800. The maximum Gasteiger partial charge on any atom is 0.315 e. The van der Waals surface area contributed by atoms with Crippen molar-refractivity contribution < 1.29 is 24.2 Å². The molecule has 0 saturated heterocycles. The lowest BCUT2D eigenvalue weighted by Gasteiger charge is -2.26. The summed E-state index contributed by atoms with van der Waals surface area (Å²) in [6, 6.07) is -0.681. The van der Waals surface area contributed by atoms with Crippen LogP contribution in [0.4, 0.5) is 0 Å². The summed E-state index contributed by atoms with van der Waals surface area (Å²) in [4.78, 5) is 34.3. The summed E-state index contributed by atoms with van der Waals surface area (Å²) in [5, 5.41) is 9.92. The maximum absolute atomic E-state index is 11.8. The number of aliphatic hydroxyl groups is 1. The summed E-state index contributed by atoms with van der Waals surface area (Å²) in [7, 11) is 0. The number of nitrogens with two attached hydrogens (primary N) is 1. The van der Waals surface area contributed by atoms with Gasteiger partial charge >= 0.3 is 5.97 Å². The maximum atomic E-state index is 11.8. The third-order valence-electron chi connectivity index (χ3n) is 3.94. The quantitative estimate of drug-likeness (QED) is 0.289. The minimum Gasteiger partial charge on any atom is -0.466 e. The van der Waals surface area contributed by atoms with Gasteiger partial charge in [-0.25, -0.2) is 0 Å². The second-order valence-corrected chi connectivity index (χ2v) is 5.87. The first-order chi connectivity index (χ1) is 10.9. The largest absolute Gasteiger partial charge is 0.466 e. The standard InChI is InChI=1S/C15H27N3O5/c1-2-23-13(20)9-12(19)17-18-15(22)14(21)11(16)8-10-6-4-3-5-7-10/h10-11,14,21H,2-9,16H2,1H3,(H,17,19)(H,18,22)/t11-,14?/m1/s1. The second kappa shape index (κ2) is 10.2. The van der Waals surface area contributed by atoms with E-state index in [1.807, 2.05) is 0 Å². The van der Waals surface area contributed by atoms with E-state index in [4.69, 9.17) is 5.73 Å². The summed E-state index contributed by atoms with van der Waals surface area (Å²) >= 11 is 0. The summed E-state index contributed by atoms with van der Waals surface area (Å²) in [5.41, 5.74) is 10.0. The SMILES string of the molecule is CCOC(=O)CC(=O)NNC(=O)C(O)[C@H](N)CC1CCCCC1. The highest BCUT2D eigenvalue weighted by atomic mass is 16.5. The van der Waals surface area contributed by atoms with Crippen LogP contribution in [0.2, 0.25) is 0 Å². The zero-order chi connectivity index (χ0) is 17.2. The number of esters is 1. The highest BCUT2D eigenvalue weighted by Gasteiger charge is 2.26. The third-order valence-corrected chi connectivity index (χ3v) is 3.94. The van der Waals surface area contributed by atoms with E-state index in [0.717, 1.165) is 25.7 Å². The van der Waals surface area contributed by atoms with Crippen molar-refractivity contribution in [3.05, 3.63) is 0 Å². The molecular formula is C15H27N3O5. The molecule has 2 amide bonds. The molecule has 8 nitrogen and oxygen atoms in total. The number of rotatable bonds is 7. The summed E-state index contributed by atoms with van der Waals surface area (Å²) in [6.45, 7) is 1.80. The van der Waals surface area contributed by atoms with E-state index < -0.39 is 36.4 Å². The number of carbonyl (C=O) groups is 3. The van der Waals surface area contributed by atoms with Crippen LogP contribution in [-0.4, -0.2) is 41.6 Å². The number of nitrogens with one attached hydrogen (secondary N) is 2. The van der Waals surface area contributed by atoms with Gasteiger partial charge in [-0.05, 0) is 19.3 Å². The molecule has 1 rings (SSSR count). The van der Waals surface area contributed by atoms with Gasteiger partial charge in [0.25, 0.3) is 5.91 Å². The molecule has 0 aliphatic heterocycles. The van der Waals surface area contributed by atoms with Crippen molar-refractivity contribution in [1.29, 1.82) is 0 Å². The van der Waals surface area contributed by atoms with Crippen LogP contribution < -0.4 is 16.6 Å². The molecular weight excluding hydrogens is 302 g/mol. The van der Waals surface area contributed by atoms with E-state index in [2.05, 4.69) is 15.6 Å². The molecule has 23 heavy (non-hydrogen) atoms. The Morgan fingerprint density at radius 1 is 1.22 bits per heavy atom. The Labute approximate surface area is 136 Å². The summed E-state index contributed by atoms with van der Waals surface area (Å²) < 4.78 is 4.61. The van der Waals surface area contributed by atoms with Gasteiger partial charge in [-0.3, -0.25) is 25.2 Å². The molecule has 1 unspecified atom stereocenters. The molecule has 132 valence electrons. The first-order valence-corrected chi connectivity index (χ1v) is 8.12. The molecule has 5 N–H and O–H groups in total. The van der Waals surface area contributed by atoms with E-state index in [-0.39, 0.29) is 6.61 Å². The Balaban J connectivity index is 2.29. The van der Waals surface area contributed by atoms with Crippen LogP contribution >= 0.6 is 0 Å². The van der Waals surface area contributed by atoms with Gasteiger partial charge in [0, 0.05) is 6.04 Å². The molecule has 8 heteroatoms. The number of hydrogen-bond acceptors (Lipinski definition) is 6. The van der Waals surface area contributed by atoms with Crippen molar-refractivity contribution in [1.82, 2.24) is 10.9 Å². The predicted molar refractivity (Wildman–Crippen MR) is 82.7 cm³/mol. The van der Waals surface area contributed by atoms with Gasteiger partial charge in [0.05, 0.1) is 6.61 Å². The Morgan fingerprint density at radius 3 is 2.48 bits per heavy atom. The number of hydrogen-bond donors (Lipinski definition) is 4. The van der Waals surface area contributed by atoms with Crippen LogP contribution in [0, 0.1) is 5.92 Å². The first-order valence-electron chi connectivity index (χ1n) is 8.12. The van der Waals surface area contributed by atoms with Gasteiger partial charge in [0.1, 0.15) is 12.5 Å². The fourth-order valence-electron chi connectivity index (χ4n) is 2.72. The van der Waals surface area contributed by atoms with Crippen molar-refractivity contribution in [2.45, 2.75) is 64.0 Å². The van der Waals surface area contributed by atoms with Crippen LogP contribution in [0.3, 0.4) is 0 Å². The zero-order valence-corrected chi connectivity index (χ0v) is 13.5. The molecule has 1 aliphatic carbocycles. The summed E-state index contributed by atoms with van der Waals surface area (Å²) in [6.07, 6.45) is 4.34. The van der Waals surface area contributed by atoms with Crippen LogP contribution in [0.1, 0.15) is 51.9 Å². The number of ether oxygens (including phenoxy) is 1. The smallest absolute Gasteiger partial charge is 0.315 e. The second-order valence-electron chi connectivity index (χ2n) is 5.87. The van der Waals surface area contributed by atoms with E-state index in [1.54, 1.807) is 6.92 Å². The minimum absolute atomic E-state index is 0.174. The zero-order valence-electron chi connectivity index (χ0n) is 13.5. The lowest BCUT2D eigenvalue weighted by Crippen LogP contribution is -2.52. The van der Waals surface area contributed by atoms with Crippen LogP contribution in [-0.2, 0) is 19.1 Å². The van der Waals surface area contributed by atoms with E-state index in [9.17, 15) is 19.5 Å². The van der Waals surface area contributed by atoms with Gasteiger partial charge in [-0.15, -0.1) is 0 Å². The average Bonchev–Trinajstić information content (AvgIpc) is 2.53. The van der Waals surface area contributed by atoms with E-state index >= 15 is 0 Å². The molecule has 0 spiro atoms. The van der Waals surface area contributed by atoms with Crippen molar-refractivity contribution in [2.75, 3.05) is 6.61 Å². The summed E-state index contributed by atoms with van der Waals surface area (Å²) in [5.74, 6) is -1.76. The average molecular weight is 329 g/mol. The van der Waals surface area contributed by atoms with Crippen LogP contribution in [0.15, 0.2) is 0 Å². The highest BCUT2D eigenvalue weighted by molar-refractivity contribution is 5.95. The molecule has 0 aromatic rings. The molecule has 0 bridgehead atoms. The fourth-order valence-corrected chi connectivity index (χ4v) is 2.72. The molecule has 0 aromatic heterocycles. The van der Waals surface area contributed by atoms with Crippen LogP contribution in [0.5, 0.6) is 0 Å². The lowest BCUT2D eigenvalue weighted by atomic mass is 9.84. The van der Waals surface area contributed by atoms with E-state index in [1.165, 1.54) is 6.42 Å². The molecule has 0 aromatic carbocycles. The number of aliphatic hydroxyl groups excluding tert-OH is 1. The molecule has 2 atom stereocenters. The normalized spacial score (nSPS) is 17.9. The monoisotopic (exact) mass is 329 g/mol. The van der Waals surface area contributed by atoms with Gasteiger partial charge in [0.15, 0.2) is 0 Å². The molecule has 1 aliphatic rings. The van der Waals surface area contributed by atoms with Crippen molar-refractivity contribution >= 4 is 17.8 Å². The Kier molecular flexibility index (Phi) is 8.57. The minimum atomic E-state index is -1.40. The molecule has 0 heterocycles. The van der Waals surface area contributed by atoms with Gasteiger partial charge < -0.3 is 15.6 Å². The topological polar surface area (TPSA) is 131 Å². The number of amides is 2. The number of carbonyl (C=O) groups excluding carboxylic acids is 3. The Hall–Kier alpha value is -1.67. The molecule has 1 saturated carbocycles. The number of hydrazine groups is 1. The first kappa shape index (κ1) is 19.4. The van der Waals surface area contributed by atoms with Crippen molar-refractivity contribution in [3.63, 3.8) is 0 Å². The lowest BCUT2D eigenvalue weighted by molar-refractivity contribution is -0.147. The van der Waals surface area contributed by atoms with Crippen LogP contribution in [0.25, 0.3) is 0 Å². The van der Waals surface area contributed by atoms with Crippen molar-refractivity contribution in [3.8, 4) is 0 Å². The van der Waals surface area contributed by atoms with E-state index in [0.29, 0.717) is 12.3 Å². The highest BCUT2D eigenvalue weighted by Crippen LogP contribution is 2.27. The Morgan fingerprint density at radius 2 is 1.87 bits per heavy atom. The molecule has 1 fully saturated rings. The van der Waals surface area contributed by atoms with Gasteiger partial charge in [-0.1, -0.05) is 32.1 Å². The predicted octanol–water partition coefficient (Wildman–Crippen LogP) is -0.254.